The fraction of sp³-hybridized carbons (Fsp3) is 0.241. The number of H-pyrrole nitrogens is 1. The molecule has 3 aromatic carbocycles. The van der Waals surface area contributed by atoms with E-state index in [-0.39, 0.29) is 36.1 Å². The summed E-state index contributed by atoms with van der Waals surface area (Å²) in [7, 11) is -4.27. The first kappa shape index (κ1) is 28.5. The molecule has 0 radical (unpaired) electrons. The molecule has 1 aliphatic heterocycles. The Morgan fingerprint density at radius 3 is 2.57 bits per heavy atom. The van der Waals surface area contributed by atoms with Gasteiger partial charge >= 0.3 is 0 Å². The van der Waals surface area contributed by atoms with Crippen molar-refractivity contribution < 1.29 is 23.2 Å². The number of hydrogen-bond acceptors (Lipinski definition) is 6. The maximum Gasteiger partial charge on any atom is 0.272 e. The van der Waals surface area contributed by atoms with Crippen molar-refractivity contribution in [1.82, 2.24) is 19.6 Å². The summed E-state index contributed by atoms with van der Waals surface area (Å²) < 4.78 is 35.8. The van der Waals surface area contributed by atoms with Crippen molar-refractivity contribution in [1.29, 1.82) is 0 Å². The van der Waals surface area contributed by atoms with Crippen molar-refractivity contribution >= 4 is 39.1 Å². The second-order valence-corrected chi connectivity index (χ2v) is 12.9. The molecule has 42 heavy (non-hydrogen) atoms. The Kier molecular flexibility index (Phi) is 7.62. The highest BCUT2D eigenvalue weighted by Crippen LogP contribution is 2.36. The van der Waals surface area contributed by atoms with Crippen LogP contribution in [0.3, 0.4) is 0 Å². The Bertz CT molecular complexity index is 1840. The van der Waals surface area contributed by atoms with Crippen molar-refractivity contribution in [2.45, 2.75) is 42.8 Å². The molecule has 0 spiro atoms. The van der Waals surface area contributed by atoms with Crippen molar-refractivity contribution in [3.05, 3.63) is 115 Å². The van der Waals surface area contributed by atoms with E-state index < -0.39 is 27.5 Å². The van der Waals surface area contributed by atoms with E-state index in [9.17, 15) is 23.2 Å². The molecule has 2 heterocycles. The van der Waals surface area contributed by atoms with Crippen LogP contribution in [0.4, 0.5) is 0 Å². The summed E-state index contributed by atoms with van der Waals surface area (Å²) in [5.74, 6) is -0.620. The number of rotatable bonds is 7. The highest BCUT2D eigenvalue weighted by Gasteiger charge is 2.44. The van der Waals surface area contributed by atoms with Crippen LogP contribution in [0.1, 0.15) is 46.5 Å². The van der Waals surface area contributed by atoms with E-state index in [0.717, 1.165) is 21.9 Å². The van der Waals surface area contributed by atoms with Gasteiger partial charge in [-0.2, -0.15) is 4.31 Å². The first-order chi connectivity index (χ1) is 20.2. The monoisotopic (exact) mass is 628 g/mol. The van der Waals surface area contributed by atoms with Gasteiger partial charge in [0.15, 0.2) is 0 Å². The van der Waals surface area contributed by atoms with Crippen LogP contribution in [0.5, 0.6) is 5.75 Å². The second-order valence-electron chi connectivity index (χ2n) is 10.2. The van der Waals surface area contributed by atoms with E-state index in [4.69, 9.17) is 27.9 Å². The first-order valence-electron chi connectivity index (χ1n) is 13.2. The van der Waals surface area contributed by atoms with E-state index in [2.05, 4.69) is 5.10 Å². The minimum atomic E-state index is -4.27. The van der Waals surface area contributed by atoms with E-state index in [1.165, 1.54) is 28.9 Å². The Balaban J connectivity index is 1.28. The smallest absolute Gasteiger partial charge is 0.272 e. The number of nitrogens with one attached hydrogen (secondary N) is 2. The molecule has 1 aromatic heterocycles. The SMILES string of the molecule is O=C(NO)[C@H]1c2c([nH]n(C3CCc4ccccc43)c2=O)CCN1S(=O)(=O)c1ccc(OCc2ccc(Cl)cc2Cl)cc1. The van der Waals surface area contributed by atoms with E-state index in [1.807, 2.05) is 24.3 Å². The molecule has 13 heteroatoms. The molecule has 0 bridgehead atoms. The predicted molar refractivity (Wildman–Crippen MR) is 155 cm³/mol. The van der Waals surface area contributed by atoms with Crippen molar-refractivity contribution in [3.8, 4) is 5.75 Å². The molecule has 3 N–H and O–H groups in total. The van der Waals surface area contributed by atoms with Gasteiger partial charge in [-0.05, 0) is 60.4 Å². The molecule has 2 atom stereocenters. The number of ether oxygens (including phenoxy) is 1. The normalized spacial score (nSPS) is 18.4. The zero-order valence-electron chi connectivity index (χ0n) is 22.1. The van der Waals surface area contributed by atoms with Gasteiger partial charge in [0.1, 0.15) is 18.4 Å². The highest BCUT2D eigenvalue weighted by atomic mass is 35.5. The number of aromatic amines is 1. The molecule has 1 unspecified atom stereocenters. The molecule has 218 valence electrons. The quantitative estimate of drug-likeness (QED) is 0.205. The van der Waals surface area contributed by atoms with Crippen molar-refractivity contribution in [3.63, 3.8) is 0 Å². The van der Waals surface area contributed by atoms with Crippen LogP contribution in [0.15, 0.2) is 76.4 Å². The van der Waals surface area contributed by atoms with Crippen molar-refractivity contribution in [2.24, 2.45) is 0 Å². The molecule has 0 fully saturated rings. The van der Waals surface area contributed by atoms with Gasteiger partial charge in [0, 0.05) is 34.3 Å². The number of halogens is 2. The molecular weight excluding hydrogens is 603 g/mol. The number of nitrogens with zero attached hydrogens (tertiary/aromatic N) is 2. The number of aryl methyl sites for hydroxylation is 1. The first-order valence-corrected chi connectivity index (χ1v) is 15.4. The summed E-state index contributed by atoms with van der Waals surface area (Å²) in [6.45, 7) is 0.0585. The van der Waals surface area contributed by atoms with E-state index >= 15 is 0 Å². The van der Waals surface area contributed by atoms with Crippen LogP contribution < -0.4 is 15.8 Å². The van der Waals surface area contributed by atoms with Gasteiger partial charge in [0.25, 0.3) is 11.5 Å². The van der Waals surface area contributed by atoms with Gasteiger partial charge in [0.2, 0.25) is 10.0 Å². The molecule has 0 saturated heterocycles. The molecule has 0 saturated carbocycles. The third-order valence-electron chi connectivity index (χ3n) is 7.78. The molecule has 6 rings (SSSR count). The lowest BCUT2D eigenvalue weighted by atomic mass is 10.0. The lowest BCUT2D eigenvalue weighted by molar-refractivity contribution is -0.133. The Hall–Kier alpha value is -3.61. The van der Waals surface area contributed by atoms with Gasteiger partial charge in [-0.15, -0.1) is 0 Å². The number of fused-ring (bicyclic) bond motifs is 2. The molecule has 2 aliphatic rings. The van der Waals surface area contributed by atoms with Crippen LogP contribution in [-0.2, 0) is 34.3 Å². The number of hydrogen-bond donors (Lipinski definition) is 3. The highest BCUT2D eigenvalue weighted by molar-refractivity contribution is 7.89. The molecular formula is C29H26Cl2N4O6S. The lowest BCUT2D eigenvalue weighted by Crippen LogP contribution is -2.48. The number of carbonyl (C=O) groups is 1. The van der Waals surface area contributed by atoms with Gasteiger partial charge in [0.05, 0.1) is 16.5 Å². The summed E-state index contributed by atoms with van der Waals surface area (Å²) in [6, 6.07) is 16.8. The number of hydroxylamine groups is 1. The van der Waals surface area contributed by atoms with Crippen LogP contribution in [0.25, 0.3) is 0 Å². The maximum absolute atomic E-state index is 13.8. The van der Waals surface area contributed by atoms with Gasteiger partial charge in [-0.25, -0.2) is 18.6 Å². The van der Waals surface area contributed by atoms with Gasteiger partial charge in [-0.1, -0.05) is 53.5 Å². The number of aromatic nitrogens is 2. The van der Waals surface area contributed by atoms with Crippen molar-refractivity contribution in [2.75, 3.05) is 6.54 Å². The molecule has 4 aromatic rings. The minimum absolute atomic E-state index is 0.000512. The largest absolute Gasteiger partial charge is 0.489 e. The average molecular weight is 630 g/mol. The Labute approximate surface area is 251 Å². The maximum atomic E-state index is 13.8. The number of carbonyl (C=O) groups excluding carboxylic acids is 1. The Morgan fingerprint density at radius 1 is 1.07 bits per heavy atom. The average Bonchev–Trinajstić information content (AvgIpc) is 3.56. The predicted octanol–water partition coefficient (Wildman–Crippen LogP) is 4.39. The lowest BCUT2D eigenvalue weighted by Gasteiger charge is -2.32. The third-order valence-corrected chi connectivity index (χ3v) is 10.3. The zero-order valence-corrected chi connectivity index (χ0v) is 24.4. The van der Waals surface area contributed by atoms with Crippen LogP contribution in [0, 0.1) is 0 Å². The summed E-state index contributed by atoms with van der Waals surface area (Å²) in [4.78, 5) is 26.6. The zero-order chi connectivity index (χ0) is 29.6. The third kappa shape index (κ3) is 5.01. The number of benzene rings is 3. The molecule has 1 amide bonds. The second kappa shape index (κ2) is 11.2. The topological polar surface area (TPSA) is 134 Å². The Morgan fingerprint density at radius 2 is 1.83 bits per heavy atom. The van der Waals surface area contributed by atoms with Crippen LogP contribution in [0.2, 0.25) is 10.0 Å². The van der Waals surface area contributed by atoms with Crippen LogP contribution >= 0.6 is 23.2 Å². The van der Waals surface area contributed by atoms with Gasteiger partial charge < -0.3 is 4.74 Å². The summed E-state index contributed by atoms with van der Waals surface area (Å²) in [5.41, 5.74) is 4.38. The summed E-state index contributed by atoms with van der Waals surface area (Å²) in [5, 5.41) is 13.6. The fourth-order valence-electron chi connectivity index (χ4n) is 5.73. The fourth-order valence-corrected chi connectivity index (χ4v) is 7.75. The minimum Gasteiger partial charge on any atom is -0.489 e. The van der Waals surface area contributed by atoms with Gasteiger partial charge in [-0.3, -0.25) is 19.9 Å². The summed E-state index contributed by atoms with van der Waals surface area (Å²) in [6.07, 6.45) is 1.67. The standard InChI is InChI=1S/C29H26Cl2N4O6S/c30-19-7-5-18(23(31)15-19)16-41-20-8-10-21(11-9-20)42(39,40)34-14-13-24-26(27(34)28(36)33-38)29(37)35(32-24)25-12-6-17-3-1-2-4-22(17)25/h1-5,7-11,15,25,27,32,38H,6,12-14,16H2,(H,33,36)/t25?,27-/m1/s1. The summed E-state index contributed by atoms with van der Waals surface area (Å²) >= 11 is 12.1. The number of sulfonamides is 1. The van der Waals surface area contributed by atoms with E-state index in [0.29, 0.717) is 33.5 Å². The van der Waals surface area contributed by atoms with Crippen LogP contribution in [-0.4, -0.2) is 40.2 Å². The molecule has 1 aliphatic carbocycles. The number of amides is 1. The van der Waals surface area contributed by atoms with E-state index in [1.54, 1.807) is 23.7 Å². The molecule has 10 nitrogen and oxygen atoms in total.